The Balaban J connectivity index is 2.35. The van der Waals surface area contributed by atoms with Gasteiger partial charge in [-0.2, -0.15) is 0 Å². The first-order chi connectivity index (χ1) is 9.97. The smallest absolute Gasteiger partial charge is 0.139 e. The normalized spacial score (nSPS) is 12.8. The van der Waals surface area contributed by atoms with Gasteiger partial charge in [-0.05, 0) is 75.8 Å². The lowest BCUT2D eigenvalue weighted by Gasteiger charge is -2.11. The molecule has 0 fully saturated rings. The summed E-state index contributed by atoms with van der Waals surface area (Å²) in [6.45, 7) is 1.86. The summed E-state index contributed by atoms with van der Waals surface area (Å²) in [6.07, 6.45) is 0. The van der Waals surface area contributed by atoms with Gasteiger partial charge in [-0.3, -0.25) is 4.57 Å². The Hall–Kier alpha value is -0.660. The summed E-state index contributed by atoms with van der Waals surface area (Å²) in [5, 5.41) is -0.279. The number of hydrogen-bond donors (Lipinski definition) is 0. The highest BCUT2D eigenvalue weighted by atomic mass is 127. The predicted octanol–water partition coefficient (Wildman–Crippen LogP) is 5.83. The van der Waals surface area contributed by atoms with Gasteiger partial charge in [-0.15, -0.1) is 11.6 Å². The maximum atomic E-state index is 13.9. The number of benzene rings is 2. The molecule has 0 aliphatic carbocycles. The number of alkyl halides is 1. The highest BCUT2D eigenvalue weighted by Gasteiger charge is 2.18. The average Bonchev–Trinajstić information content (AvgIpc) is 2.79. The van der Waals surface area contributed by atoms with Crippen LogP contribution in [0.1, 0.15) is 18.1 Å². The van der Waals surface area contributed by atoms with Crippen LogP contribution < -0.4 is 0 Å². The third-order valence-corrected chi connectivity index (χ3v) is 4.69. The second-order valence-corrected chi connectivity index (χ2v) is 7.41. The zero-order valence-corrected chi connectivity index (χ0v) is 15.4. The Morgan fingerprint density at radius 2 is 1.95 bits per heavy atom. The first-order valence-electron chi connectivity index (χ1n) is 6.25. The molecule has 1 aromatic heterocycles. The van der Waals surface area contributed by atoms with Crippen LogP contribution in [-0.2, 0) is 0 Å². The van der Waals surface area contributed by atoms with Gasteiger partial charge in [0.1, 0.15) is 11.6 Å². The molecule has 1 heterocycles. The van der Waals surface area contributed by atoms with Crippen LogP contribution in [0.4, 0.5) is 4.39 Å². The molecular formula is C15H10BrClFIN2. The molecule has 0 saturated heterocycles. The van der Waals surface area contributed by atoms with Gasteiger partial charge in [0.2, 0.25) is 0 Å². The van der Waals surface area contributed by atoms with Gasteiger partial charge in [-0.25, -0.2) is 9.37 Å². The molecule has 3 rings (SSSR count). The van der Waals surface area contributed by atoms with Gasteiger partial charge < -0.3 is 0 Å². The molecule has 0 N–H and O–H groups in total. The highest BCUT2D eigenvalue weighted by Crippen LogP contribution is 2.31. The van der Waals surface area contributed by atoms with E-state index in [1.165, 1.54) is 6.07 Å². The zero-order chi connectivity index (χ0) is 15.1. The lowest BCUT2D eigenvalue weighted by Crippen LogP contribution is -2.02. The zero-order valence-electron chi connectivity index (χ0n) is 10.9. The van der Waals surface area contributed by atoms with E-state index in [2.05, 4.69) is 43.5 Å². The van der Waals surface area contributed by atoms with Gasteiger partial charge in [0, 0.05) is 15.3 Å². The summed E-state index contributed by atoms with van der Waals surface area (Å²) in [5.41, 5.74) is 2.34. The van der Waals surface area contributed by atoms with Gasteiger partial charge in [0.25, 0.3) is 0 Å². The summed E-state index contributed by atoms with van der Waals surface area (Å²) in [6, 6.07) is 11.1. The molecule has 0 amide bonds. The van der Waals surface area contributed by atoms with Crippen molar-refractivity contribution in [2.75, 3.05) is 0 Å². The lowest BCUT2D eigenvalue weighted by atomic mass is 10.2. The fourth-order valence-electron chi connectivity index (χ4n) is 2.22. The standard InChI is InChI=1S/C15H10BrClFIN2/c1-8(17)15-20-13-6-11(16)12(18)7-14(13)21(15)10-4-2-9(19)3-5-10/h2-8H,1H3. The van der Waals surface area contributed by atoms with Crippen molar-refractivity contribution in [3.63, 3.8) is 0 Å². The topological polar surface area (TPSA) is 17.8 Å². The quantitative estimate of drug-likeness (QED) is 0.334. The van der Waals surface area contributed by atoms with Gasteiger partial charge in [0.15, 0.2) is 0 Å². The third-order valence-electron chi connectivity index (χ3n) is 3.16. The van der Waals surface area contributed by atoms with Crippen LogP contribution in [0.3, 0.4) is 0 Å². The summed E-state index contributed by atoms with van der Waals surface area (Å²) in [7, 11) is 0. The van der Waals surface area contributed by atoms with Crippen LogP contribution in [0.5, 0.6) is 0 Å². The number of nitrogens with zero attached hydrogens (tertiary/aromatic N) is 2. The summed E-state index contributed by atoms with van der Waals surface area (Å²) in [5.74, 6) is 0.383. The van der Waals surface area contributed by atoms with E-state index in [1.807, 2.05) is 35.8 Å². The Kier molecular flexibility index (Phi) is 4.25. The summed E-state index contributed by atoms with van der Waals surface area (Å²) in [4.78, 5) is 4.55. The van der Waals surface area contributed by atoms with Crippen molar-refractivity contribution in [1.29, 1.82) is 0 Å². The van der Waals surface area contributed by atoms with Crippen molar-refractivity contribution in [2.45, 2.75) is 12.3 Å². The minimum Gasteiger partial charge on any atom is -0.295 e. The fraction of sp³-hybridized carbons (Fsp3) is 0.133. The number of aromatic nitrogens is 2. The number of halogens is 4. The Morgan fingerprint density at radius 3 is 2.57 bits per heavy atom. The fourth-order valence-corrected chi connectivity index (χ4v) is 3.06. The van der Waals surface area contributed by atoms with Crippen LogP contribution in [0.15, 0.2) is 40.9 Å². The maximum absolute atomic E-state index is 13.9. The molecule has 1 atom stereocenters. The number of imidazole rings is 1. The van der Waals surface area contributed by atoms with Crippen molar-refractivity contribution < 1.29 is 4.39 Å². The number of hydrogen-bond acceptors (Lipinski definition) is 1. The number of fused-ring (bicyclic) bond motifs is 1. The second-order valence-electron chi connectivity index (χ2n) is 4.65. The molecule has 1 unspecified atom stereocenters. The van der Waals surface area contributed by atoms with Crippen molar-refractivity contribution in [3.8, 4) is 5.69 Å². The molecule has 0 saturated carbocycles. The lowest BCUT2D eigenvalue weighted by molar-refractivity contribution is 0.622. The minimum atomic E-state index is -0.317. The second kappa shape index (κ2) is 5.85. The highest BCUT2D eigenvalue weighted by molar-refractivity contribution is 14.1. The Bertz CT molecular complexity index is 815. The van der Waals surface area contributed by atoms with E-state index in [-0.39, 0.29) is 11.2 Å². The molecule has 6 heteroatoms. The Morgan fingerprint density at radius 1 is 1.29 bits per heavy atom. The monoisotopic (exact) mass is 478 g/mol. The SMILES string of the molecule is CC(Cl)c1nc2cc(Br)c(F)cc2n1-c1ccc(I)cc1. The third kappa shape index (κ3) is 2.83. The molecule has 0 radical (unpaired) electrons. The molecule has 2 aromatic carbocycles. The van der Waals surface area contributed by atoms with E-state index in [9.17, 15) is 4.39 Å². The van der Waals surface area contributed by atoms with Crippen LogP contribution in [0.2, 0.25) is 0 Å². The largest absolute Gasteiger partial charge is 0.295 e. The summed E-state index contributed by atoms with van der Waals surface area (Å²) >= 11 is 11.7. The first kappa shape index (κ1) is 15.2. The van der Waals surface area contributed by atoms with E-state index in [1.54, 1.807) is 6.07 Å². The van der Waals surface area contributed by atoms with Gasteiger partial charge in [-0.1, -0.05) is 0 Å². The first-order valence-corrected chi connectivity index (χ1v) is 8.55. The van der Waals surface area contributed by atoms with E-state index in [0.717, 1.165) is 9.26 Å². The van der Waals surface area contributed by atoms with Crippen molar-refractivity contribution in [1.82, 2.24) is 9.55 Å². The molecule has 21 heavy (non-hydrogen) atoms. The van der Waals surface area contributed by atoms with Crippen LogP contribution in [0, 0.1) is 9.39 Å². The summed E-state index contributed by atoms with van der Waals surface area (Å²) < 4.78 is 17.3. The van der Waals surface area contributed by atoms with Gasteiger partial charge >= 0.3 is 0 Å². The van der Waals surface area contributed by atoms with Crippen molar-refractivity contribution in [3.05, 3.63) is 56.1 Å². The van der Waals surface area contributed by atoms with Crippen LogP contribution in [-0.4, -0.2) is 9.55 Å². The van der Waals surface area contributed by atoms with Crippen LogP contribution in [0.25, 0.3) is 16.7 Å². The molecule has 108 valence electrons. The van der Waals surface area contributed by atoms with Crippen molar-refractivity contribution in [2.24, 2.45) is 0 Å². The predicted molar refractivity (Wildman–Crippen MR) is 95.7 cm³/mol. The molecule has 0 aliphatic rings. The average molecular weight is 480 g/mol. The minimum absolute atomic E-state index is 0.279. The molecular weight excluding hydrogens is 469 g/mol. The number of rotatable bonds is 2. The molecule has 0 bridgehead atoms. The van der Waals surface area contributed by atoms with E-state index < -0.39 is 0 Å². The van der Waals surface area contributed by atoms with E-state index in [0.29, 0.717) is 21.3 Å². The molecule has 2 nitrogen and oxygen atoms in total. The Labute approximate surface area is 148 Å². The molecule has 0 aliphatic heterocycles. The van der Waals surface area contributed by atoms with Crippen molar-refractivity contribution >= 4 is 61.2 Å². The molecule has 3 aromatic rings. The van der Waals surface area contributed by atoms with E-state index in [4.69, 9.17) is 11.6 Å². The van der Waals surface area contributed by atoms with Gasteiger partial charge in [0.05, 0.1) is 20.9 Å². The van der Waals surface area contributed by atoms with Crippen LogP contribution >= 0.6 is 50.1 Å². The van der Waals surface area contributed by atoms with E-state index >= 15 is 0 Å². The molecule has 0 spiro atoms. The maximum Gasteiger partial charge on any atom is 0.139 e.